The molecular formula is C17H28N4O3. The second-order valence-electron chi connectivity index (χ2n) is 5.86. The van der Waals surface area contributed by atoms with Crippen LogP contribution in [-0.4, -0.2) is 56.3 Å². The predicted molar refractivity (Wildman–Crippen MR) is 93.1 cm³/mol. The van der Waals surface area contributed by atoms with Crippen LogP contribution in [0.4, 0.5) is 4.79 Å². The molecule has 1 aromatic rings. The average Bonchev–Trinajstić information content (AvgIpc) is 3.13. The van der Waals surface area contributed by atoms with Crippen LogP contribution in [0.2, 0.25) is 0 Å². The van der Waals surface area contributed by atoms with Gasteiger partial charge in [-0.15, -0.1) is 0 Å². The van der Waals surface area contributed by atoms with E-state index in [4.69, 9.17) is 9.15 Å². The van der Waals surface area contributed by atoms with Crippen molar-refractivity contribution in [1.29, 1.82) is 0 Å². The monoisotopic (exact) mass is 336 g/mol. The van der Waals surface area contributed by atoms with Gasteiger partial charge in [0.05, 0.1) is 13.4 Å². The topological polar surface area (TPSA) is 79.1 Å². The van der Waals surface area contributed by atoms with Crippen molar-refractivity contribution in [3.63, 3.8) is 0 Å². The van der Waals surface area contributed by atoms with Crippen molar-refractivity contribution in [2.45, 2.75) is 38.6 Å². The third-order valence-electron chi connectivity index (χ3n) is 4.01. The summed E-state index contributed by atoms with van der Waals surface area (Å²) < 4.78 is 10.1. The maximum atomic E-state index is 11.5. The normalized spacial score (nSPS) is 16.1. The van der Waals surface area contributed by atoms with Crippen LogP contribution in [0.3, 0.4) is 0 Å². The summed E-state index contributed by atoms with van der Waals surface area (Å²) in [6.45, 7) is 5.08. The predicted octanol–water partition coefficient (Wildman–Crippen LogP) is 2.00. The van der Waals surface area contributed by atoms with E-state index in [0.29, 0.717) is 19.1 Å². The number of nitrogens with zero attached hydrogens (tertiary/aromatic N) is 2. The number of likely N-dealkylation sites (tertiary alicyclic amines) is 1. The van der Waals surface area contributed by atoms with E-state index in [-0.39, 0.29) is 6.09 Å². The van der Waals surface area contributed by atoms with Gasteiger partial charge in [-0.05, 0) is 31.4 Å². The molecule has 2 rings (SSSR count). The summed E-state index contributed by atoms with van der Waals surface area (Å²) in [7, 11) is 1.42. The third kappa shape index (κ3) is 5.79. The maximum Gasteiger partial charge on any atom is 0.409 e. The molecule has 0 aliphatic carbocycles. The Hall–Kier alpha value is -2.18. The Bertz CT molecular complexity index is 508. The fraction of sp³-hybridized carbons (Fsp3) is 0.647. The van der Waals surface area contributed by atoms with Gasteiger partial charge < -0.3 is 24.7 Å². The highest BCUT2D eigenvalue weighted by Gasteiger charge is 2.23. The van der Waals surface area contributed by atoms with Gasteiger partial charge in [-0.1, -0.05) is 6.92 Å². The second kappa shape index (κ2) is 9.85. The Morgan fingerprint density at radius 2 is 2.25 bits per heavy atom. The van der Waals surface area contributed by atoms with Crippen molar-refractivity contribution in [3.8, 4) is 0 Å². The molecular weight excluding hydrogens is 308 g/mol. The van der Waals surface area contributed by atoms with Gasteiger partial charge in [-0.3, -0.25) is 4.99 Å². The van der Waals surface area contributed by atoms with Crippen LogP contribution >= 0.6 is 0 Å². The number of ether oxygens (including phenoxy) is 1. The molecule has 1 aromatic heterocycles. The summed E-state index contributed by atoms with van der Waals surface area (Å²) in [5.41, 5.74) is 0. The molecule has 24 heavy (non-hydrogen) atoms. The maximum absolute atomic E-state index is 11.5. The van der Waals surface area contributed by atoms with Gasteiger partial charge in [0.25, 0.3) is 0 Å². The molecule has 7 nitrogen and oxygen atoms in total. The van der Waals surface area contributed by atoms with Crippen LogP contribution in [-0.2, 0) is 11.2 Å². The Morgan fingerprint density at radius 1 is 1.46 bits per heavy atom. The van der Waals surface area contributed by atoms with Gasteiger partial charge in [0.2, 0.25) is 0 Å². The lowest BCUT2D eigenvalue weighted by molar-refractivity contribution is 0.111. The van der Waals surface area contributed by atoms with Crippen LogP contribution in [0.15, 0.2) is 27.8 Å². The van der Waals surface area contributed by atoms with Crippen LogP contribution < -0.4 is 10.6 Å². The fourth-order valence-corrected chi connectivity index (χ4v) is 2.66. The minimum absolute atomic E-state index is 0.245. The molecule has 1 fully saturated rings. The standard InChI is InChI=1S/C17H28N4O3/c1-3-9-18-16(19-10-6-15-5-4-13-24-15)20-14-7-11-21(12-8-14)17(22)23-2/h4-5,13-14H,3,6-12H2,1-2H3,(H2,18,19,20). The third-order valence-corrected chi connectivity index (χ3v) is 4.01. The Labute approximate surface area is 143 Å². The van der Waals surface area contributed by atoms with Gasteiger partial charge >= 0.3 is 6.09 Å². The molecule has 0 atom stereocenters. The van der Waals surface area contributed by atoms with E-state index in [9.17, 15) is 4.79 Å². The van der Waals surface area contributed by atoms with E-state index in [1.54, 1.807) is 11.2 Å². The van der Waals surface area contributed by atoms with Gasteiger partial charge in [0.1, 0.15) is 5.76 Å². The minimum atomic E-state index is -0.245. The number of carbonyl (C=O) groups excluding carboxylic acids is 1. The number of hydrogen-bond acceptors (Lipinski definition) is 4. The molecule has 0 radical (unpaired) electrons. The van der Waals surface area contributed by atoms with Crippen LogP contribution in [0.1, 0.15) is 31.9 Å². The number of amides is 1. The van der Waals surface area contributed by atoms with Crippen molar-refractivity contribution in [2.24, 2.45) is 4.99 Å². The highest BCUT2D eigenvalue weighted by molar-refractivity contribution is 5.80. The molecule has 1 saturated heterocycles. The number of piperidine rings is 1. The zero-order valence-electron chi connectivity index (χ0n) is 14.6. The molecule has 7 heteroatoms. The molecule has 1 amide bonds. The Balaban J connectivity index is 1.77. The van der Waals surface area contributed by atoms with E-state index in [0.717, 1.165) is 50.5 Å². The van der Waals surface area contributed by atoms with Crippen molar-refractivity contribution in [1.82, 2.24) is 15.5 Å². The van der Waals surface area contributed by atoms with E-state index >= 15 is 0 Å². The summed E-state index contributed by atoms with van der Waals surface area (Å²) >= 11 is 0. The Kier molecular flexibility index (Phi) is 7.45. The fourth-order valence-electron chi connectivity index (χ4n) is 2.66. The van der Waals surface area contributed by atoms with E-state index in [2.05, 4.69) is 22.5 Å². The summed E-state index contributed by atoms with van der Waals surface area (Å²) in [6.07, 6.45) is 5.05. The summed E-state index contributed by atoms with van der Waals surface area (Å²) in [4.78, 5) is 17.9. The molecule has 2 heterocycles. The number of carbonyl (C=O) groups is 1. The van der Waals surface area contributed by atoms with Gasteiger partial charge in [-0.25, -0.2) is 4.79 Å². The van der Waals surface area contributed by atoms with Gasteiger partial charge in [-0.2, -0.15) is 0 Å². The molecule has 134 valence electrons. The molecule has 1 aliphatic rings. The number of aliphatic imine (C=N–C) groups is 1. The van der Waals surface area contributed by atoms with Crippen molar-refractivity contribution in [3.05, 3.63) is 24.2 Å². The molecule has 0 saturated carbocycles. The number of furan rings is 1. The molecule has 1 aliphatic heterocycles. The summed E-state index contributed by atoms with van der Waals surface area (Å²) in [5, 5.41) is 6.84. The highest BCUT2D eigenvalue weighted by Crippen LogP contribution is 2.11. The highest BCUT2D eigenvalue weighted by atomic mass is 16.5. The first-order chi connectivity index (χ1) is 11.7. The lowest BCUT2D eigenvalue weighted by Gasteiger charge is -2.32. The molecule has 0 unspecified atom stereocenters. The zero-order valence-corrected chi connectivity index (χ0v) is 14.6. The number of guanidine groups is 1. The first-order valence-electron chi connectivity index (χ1n) is 8.63. The van der Waals surface area contributed by atoms with Crippen molar-refractivity contribution >= 4 is 12.1 Å². The van der Waals surface area contributed by atoms with Crippen molar-refractivity contribution in [2.75, 3.05) is 33.3 Å². The van der Waals surface area contributed by atoms with Crippen LogP contribution in [0.25, 0.3) is 0 Å². The molecule has 0 aromatic carbocycles. The largest absolute Gasteiger partial charge is 0.469 e. The number of nitrogens with one attached hydrogen (secondary N) is 2. The van der Waals surface area contributed by atoms with E-state index in [1.165, 1.54) is 7.11 Å². The van der Waals surface area contributed by atoms with Gasteiger partial charge in [0, 0.05) is 38.6 Å². The van der Waals surface area contributed by atoms with Crippen LogP contribution in [0, 0.1) is 0 Å². The average molecular weight is 336 g/mol. The molecule has 0 bridgehead atoms. The number of rotatable bonds is 6. The lowest BCUT2D eigenvalue weighted by atomic mass is 10.1. The quantitative estimate of drug-likeness (QED) is 0.613. The minimum Gasteiger partial charge on any atom is -0.469 e. The van der Waals surface area contributed by atoms with E-state index < -0.39 is 0 Å². The van der Waals surface area contributed by atoms with Crippen molar-refractivity contribution < 1.29 is 13.9 Å². The summed E-state index contributed by atoms with van der Waals surface area (Å²) in [5.74, 6) is 1.80. The van der Waals surface area contributed by atoms with Gasteiger partial charge in [0.15, 0.2) is 5.96 Å². The van der Waals surface area contributed by atoms with Crippen LogP contribution in [0.5, 0.6) is 0 Å². The summed E-state index contributed by atoms with van der Waals surface area (Å²) in [6, 6.07) is 4.19. The molecule has 2 N–H and O–H groups in total. The SMILES string of the molecule is CCCN=C(NCCc1ccco1)NC1CCN(C(=O)OC)CC1. The lowest BCUT2D eigenvalue weighted by Crippen LogP contribution is -2.50. The number of hydrogen-bond donors (Lipinski definition) is 2. The zero-order chi connectivity index (χ0) is 17.2. The Morgan fingerprint density at radius 3 is 2.88 bits per heavy atom. The smallest absolute Gasteiger partial charge is 0.409 e. The first-order valence-corrected chi connectivity index (χ1v) is 8.63. The first kappa shape index (κ1) is 18.2. The number of methoxy groups -OCH3 is 1. The molecule has 0 spiro atoms. The second-order valence-corrected chi connectivity index (χ2v) is 5.86. The van der Waals surface area contributed by atoms with E-state index in [1.807, 2.05) is 12.1 Å².